The van der Waals surface area contributed by atoms with Gasteiger partial charge in [0.1, 0.15) is 24.6 Å². The molecule has 55 heavy (non-hydrogen) atoms. The number of benzene rings is 4. The lowest BCUT2D eigenvalue weighted by molar-refractivity contribution is -0.275. The van der Waals surface area contributed by atoms with E-state index in [1.165, 1.54) is 6.08 Å². The van der Waals surface area contributed by atoms with Crippen LogP contribution in [0.5, 0.6) is 0 Å². The molecule has 1 saturated heterocycles. The first-order chi connectivity index (χ1) is 26.7. The molecule has 6 rings (SSSR count). The van der Waals surface area contributed by atoms with Crippen LogP contribution in [0.4, 0.5) is 0 Å². The summed E-state index contributed by atoms with van der Waals surface area (Å²) in [4.78, 5) is 25.8. The second kappa shape index (κ2) is 19.7. The molecule has 10 heteroatoms. The first kappa shape index (κ1) is 39.8. The lowest BCUT2D eigenvalue weighted by Gasteiger charge is -2.42. The molecule has 0 spiro atoms. The van der Waals surface area contributed by atoms with E-state index in [1.807, 2.05) is 121 Å². The highest BCUT2D eigenvalue weighted by Crippen LogP contribution is 2.32. The summed E-state index contributed by atoms with van der Waals surface area (Å²) in [6, 6.07) is 39.4. The van der Waals surface area contributed by atoms with Crippen LogP contribution < -0.4 is 0 Å². The van der Waals surface area contributed by atoms with Gasteiger partial charge in [-0.1, -0.05) is 121 Å². The molecule has 0 aliphatic carbocycles. The second-order valence-electron chi connectivity index (χ2n) is 14.6. The van der Waals surface area contributed by atoms with Gasteiger partial charge in [0.05, 0.1) is 50.6 Å². The van der Waals surface area contributed by atoms with Crippen molar-refractivity contribution < 1.29 is 47.5 Å². The van der Waals surface area contributed by atoms with Crippen molar-refractivity contribution in [3.8, 4) is 0 Å². The first-order valence-electron chi connectivity index (χ1n) is 18.7. The zero-order valence-corrected chi connectivity index (χ0v) is 31.6. The lowest BCUT2D eigenvalue weighted by Crippen LogP contribution is -2.53. The summed E-state index contributed by atoms with van der Waals surface area (Å²) in [6.07, 6.45) is -2.87. The van der Waals surface area contributed by atoms with Gasteiger partial charge >= 0.3 is 11.9 Å². The molecule has 0 aromatic heterocycles. The molecule has 0 N–H and O–H groups in total. The van der Waals surface area contributed by atoms with E-state index in [4.69, 9.17) is 37.9 Å². The minimum Gasteiger partial charge on any atom is -0.466 e. The van der Waals surface area contributed by atoms with E-state index >= 15 is 0 Å². The van der Waals surface area contributed by atoms with E-state index in [-0.39, 0.29) is 32.0 Å². The molecule has 0 bridgehead atoms. The summed E-state index contributed by atoms with van der Waals surface area (Å²) in [5, 5.41) is 0. The summed E-state index contributed by atoms with van der Waals surface area (Å²) < 4.78 is 50.4. The van der Waals surface area contributed by atoms with Crippen molar-refractivity contribution >= 4 is 11.9 Å². The zero-order valence-electron chi connectivity index (χ0n) is 31.6. The number of cyclic esters (lactones) is 1. The molecule has 2 heterocycles. The second-order valence-corrected chi connectivity index (χ2v) is 14.6. The third kappa shape index (κ3) is 12.1. The van der Waals surface area contributed by atoms with Crippen LogP contribution in [0.1, 0.15) is 49.4 Å². The van der Waals surface area contributed by atoms with E-state index < -0.39 is 54.2 Å². The van der Waals surface area contributed by atoms with Gasteiger partial charge in [-0.05, 0) is 43.0 Å². The number of ether oxygens (including phenoxy) is 8. The molecule has 0 amide bonds. The summed E-state index contributed by atoms with van der Waals surface area (Å²) >= 11 is 0. The third-order valence-corrected chi connectivity index (χ3v) is 9.15. The molecule has 2 aliphatic heterocycles. The van der Waals surface area contributed by atoms with Gasteiger partial charge in [0.15, 0.2) is 12.2 Å². The number of hydrogen-bond donors (Lipinski definition) is 0. The summed E-state index contributed by atoms with van der Waals surface area (Å²) in [5.41, 5.74) is 3.18. The number of carbonyl (C=O) groups is 2. The van der Waals surface area contributed by atoms with Gasteiger partial charge in [-0.25, -0.2) is 4.79 Å². The molecular formula is C45H50O10. The number of esters is 2. The van der Waals surface area contributed by atoms with E-state index in [0.29, 0.717) is 19.8 Å². The zero-order chi connectivity index (χ0) is 38.5. The summed E-state index contributed by atoms with van der Waals surface area (Å²) in [6.45, 7) is 6.46. The lowest BCUT2D eigenvalue weighted by atomic mass is 9.97. The Kier molecular flexibility index (Phi) is 14.2. The minimum atomic E-state index is -0.969. The van der Waals surface area contributed by atoms with Crippen molar-refractivity contribution in [1.29, 1.82) is 0 Å². The van der Waals surface area contributed by atoms with Crippen LogP contribution >= 0.6 is 0 Å². The number of hydrogen-bond acceptors (Lipinski definition) is 10. The van der Waals surface area contributed by atoms with Crippen molar-refractivity contribution in [2.24, 2.45) is 5.41 Å². The van der Waals surface area contributed by atoms with Gasteiger partial charge in [-0.15, -0.1) is 0 Å². The fraction of sp³-hybridized carbons (Fsp3) is 0.378. The summed E-state index contributed by atoms with van der Waals surface area (Å²) in [5.74, 6) is -0.884. The largest absolute Gasteiger partial charge is 0.466 e. The topological polar surface area (TPSA) is 108 Å². The van der Waals surface area contributed by atoms with Gasteiger partial charge in [-0.2, -0.15) is 0 Å². The van der Waals surface area contributed by atoms with Crippen LogP contribution in [0.15, 0.2) is 133 Å². The van der Waals surface area contributed by atoms with Crippen molar-refractivity contribution in [2.75, 3.05) is 13.2 Å². The van der Waals surface area contributed by atoms with Crippen LogP contribution in [0.3, 0.4) is 0 Å². The number of carbonyl (C=O) groups excluding carboxylic acids is 2. The first-order valence-corrected chi connectivity index (χ1v) is 18.7. The maximum atomic E-state index is 13.0. The Morgan fingerprint density at radius 3 is 1.71 bits per heavy atom. The van der Waals surface area contributed by atoms with Gasteiger partial charge in [0.2, 0.25) is 6.29 Å². The molecule has 10 nitrogen and oxygen atoms in total. The molecule has 1 fully saturated rings. The monoisotopic (exact) mass is 750 g/mol. The van der Waals surface area contributed by atoms with Gasteiger partial charge in [-0.3, -0.25) is 4.79 Å². The van der Waals surface area contributed by atoms with Crippen LogP contribution in [-0.2, 0) is 73.9 Å². The smallest absolute Gasteiger partial charge is 0.334 e. The fourth-order valence-corrected chi connectivity index (χ4v) is 6.21. The van der Waals surface area contributed by atoms with Crippen LogP contribution in [0.2, 0.25) is 0 Å². The quantitative estimate of drug-likeness (QED) is 0.101. The Morgan fingerprint density at radius 2 is 1.16 bits per heavy atom. The standard InChI is InChI=1S/C45H50O10/c1-45(2,3)44(47)52-31-39-43(51-29-35-22-14-7-15-23-35)37(24-40(46)53-39)54-41-25-36(49-27-33-18-10-5-11-19-33)42(50-28-34-20-12-6-13-21-34)38(55-41)30-48-26-32-16-8-4-9-17-32/h4-24,36,38-39,41-43H,25-31H2,1-3H3/t36-,38-,39+,41-,42+,43-/m0/s1. The Morgan fingerprint density at radius 1 is 0.655 bits per heavy atom. The SMILES string of the molecule is CC(C)(C)C(=O)OC[C@H]1OC(=O)C=C(O[C@@H]2C[C@H](OCc3ccccc3)[C@@H](OCc3ccccc3)[C@H](COCc3ccccc3)O2)[C@@H]1OCc1ccccc1. The predicted molar refractivity (Wildman–Crippen MR) is 204 cm³/mol. The molecule has 0 saturated carbocycles. The highest BCUT2D eigenvalue weighted by Gasteiger charge is 2.44. The maximum absolute atomic E-state index is 13.0. The van der Waals surface area contributed by atoms with E-state index in [1.54, 1.807) is 20.8 Å². The van der Waals surface area contributed by atoms with Crippen LogP contribution in [0, 0.1) is 5.41 Å². The summed E-state index contributed by atoms with van der Waals surface area (Å²) in [7, 11) is 0. The molecule has 4 aromatic rings. The number of rotatable bonds is 17. The Hall–Kier alpha value is -4.84. The molecule has 4 aromatic carbocycles. The normalized spacial score (nSPS) is 22.7. The van der Waals surface area contributed by atoms with Crippen molar-refractivity contribution in [3.63, 3.8) is 0 Å². The molecule has 0 unspecified atom stereocenters. The average molecular weight is 751 g/mol. The molecule has 0 radical (unpaired) electrons. The van der Waals surface area contributed by atoms with Crippen molar-refractivity contribution in [1.82, 2.24) is 0 Å². The molecular weight excluding hydrogens is 700 g/mol. The van der Waals surface area contributed by atoms with Gasteiger partial charge in [0, 0.05) is 6.42 Å². The Balaban J connectivity index is 1.25. The predicted octanol–water partition coefficient (Wildman–Crippen LogP) is 7.49. The highest BCUT2D eigenvalue weighted by molar-refractivity contribution is 5.84. The molecule has 290 valence electrons. The van der Waals surface area contributed by atoms with Gasteiger partial charge < -0.3 is 37.9 Å². The van der Waals surface area contributed by atoms with Crippen molar-refractivity contribution in [3.05, 3.63) is 155 Å². The Labute approximate surface area is 323 Å². The highest BCUT2D eigenvalue weighted by atomic mass is 16.7. The van der Waals surface area contributed by atoms with Crippen LogP contribution in [0.25, 0.3) is 0 Å². The average Bonchev–Trinajstić information content (AvgIpc) is 3.19. The van der Waals surface area contributed by atoms with E-state index in [0.717, 1.165) is 22.3 Å². The van der Waals surface area contributed by atoms with Crippen molar-refractivity contribution in [2.45, 2.75) is 90.4 Å². The van der Waals surface area contributed by atoms with E-state index in [2.05, 4.69) is 0 Å². The molecule has 2 aliphatic rings. The van der Waals surface area contributed by atoms with E-state index in [9.17, 15) is 9.59 Å². The minimum absolute atomic E-state index is 0.180. The molecule has 6 atom stereocenters. The fourth-order valence-electron chi connectivity index (χ4n) is 6.21. The third-order valence-electron chi connectivity index (χ3n) is 9.15. The Bertz CT molecular complexity index is 1790. The van der Waals surface area contributed by atoms with Gasteiger partial charge in [0.25, 0.3) is 0 Å². The maximum Gasteiger partial charge on any atom is 0.334 e. The van der Waals surface area contributed by atoms with Crippen LogP contribution in [-0.4, -0.2) is 62.0 Å².